The molecule has 0 radical (unpaired) electrons. The third-order valence-corrected chi connectivity index (χ3v) is 6.44. The Balaban J connectivity index is 0.000000673. The number of aromatic nitrogens is 1. The lowest BCUT2D eigenvalue weighted by atomic mass is 10.1. The first kappa shape index (κ1) is 31.0. The van der Waals surface area contributed by atoms with E-state index in [9.17, 15) is 31.2 Å². The fourth-order valence-corrected chi connectivity index (χ4v) is 4.47. The van der Waals surface area contributed by atoms with Gasteiger partial charge in [-0.3, -0.25) is 9.78 Å². The van der Waals surface area contributed by atoms with Crippen LogP contribution in [0.3, 0.4) is 0 Å². The van der Waals surface area contributed by atoms with E-state index in [1.807, 2.05) is 30.3 Å². The number of hydrogen-bond donors (Lipinski definition) is 3. The Morgan fingerprint density at radius 1 is 1.13 bits per heavy atom. The first-order valence-corrected chi connectivity index (χ1v) is 12.4. The summed E-state index contributed by atoms with van der Waals surface area (Å²) >= 11 is 0. The molecule has 0 spiro atoms. The number of pyridine rings is 1. The lowest BCUT2D eigenvalue weighted by Crippen LogP contribution is -2.37. The van der Waals surface area contributed by atoms with Crippen molar-refractivity contribution < 1.29 is 55.7 Å². The van der Waals surface area contributed by atoms with Crippen molar-refractivity contribution in [1.82, 2.24) is 9.71 Å². The molecular formula is C24H23F3N2O9S. The van der Waals surface area contributed by atoms with Crippen LogP contribution in [-0.4, -0.2) is 67.8 Å². The van der Waals surface area contributed by atoms with Crippen LogP contribution >= 0.6 is 0 Å². The molecule has 210 valence electrons. The molecule has 1 atom stereocenters. The number of carbonyl (C=O) groups is 3. The molecule has 0 aliphatic rings. The maximum Gasteiger partial charge on any atom is 0.490 e. The van der Waals surface area contributed by atoms with E-state index in [-0.39, 0.29) is 23.5 Å². The summed E-state index contributed by atoms with van der Waals surface area (Å²) in [5.41, 5.74) is 1.83. The number of carboxylic acid groups (broad SMARTS) is 2. The van der Waals surface area contributed by atoms with E-state index < -0.39 is 40.6 Å². The van der Waals surface area contributed by atoms with Gasteiger partial charge in [0.15, 0.2) is 0 Å². The highest BCUT2D eigenvalue weighted by molar-refractivity contribution is 7.89. The standard InChI is InChI=1S/C22H22N2O7S.C2HF3O2/c1-30-17-7-8-21(32(28,29)24-16(14-25)12-22(26)27)20(13-17)31-11-9-15-4-2-6-19-18(15)5-3-10-23-19;3-2(4,5)1(6)7/h2-8,10,13-14,16,24H,9,11-12H2,1H3,(H,26,27);(H,6,7). The van der Waals surface area contributed by atoms with E-state index >= 15 is 0 Å². The fraction of sp³-hybridized carbons (Fsp3) is 0.250. The number of carboxylic acids is 2. The van der Waals surface area contributed by atoms with Crippen molar-refractivity contribution in [3.63, 3.8) is 0 Å². The lowest BCUT2D eigenvalue weighted by Gasteiger charge is -2.16. The van der Waals surface area contributed by atoms with Crippen LogP contribution in [-0.2, 0) is 30.8 Å². The molecule has 0 saturated carbocycles. The van der Waals surface area contributed by atoms with Crippen molar-refractivity contribution in [3.8, 4) is 11.5 Å². The predicted molar refractivity (Wildman–Crippen MR) is 130 cm³/mol. The molecule has 3 rings (SSSR count). The molecule has 0 fully saturated rings. The summed E-state index contributed by atoms with van der Waals surface area (Å²) in [6.07, 6.45) is -3.32. The highest BCUT2D eigenvalue weighted by atomic mass is 32.2. The summed E-state index contributed by atoms with van der Waals surface area (Å²) in [7, 11) is -2.80. The van der Waals surface area contributed by atoms with Gasteiger partial charge in [0.25, 0.3) is 0 Å². The second kappa shape index (κ2) is 13.5. The highest BCUT2D eigenvalue weighted by Gasteiger charge is 2.38. The monoisotopic (exact) mass is 572 g/mol. The van der Waals surface area contributed by atoms with E-state index in [0.29, 0.717) is 12.2 Å². The third-order valence-electron chi connectivity index (χ3n) is 4.91. The van der Waals surface area contributed by atoms with Crippen LogP contribution in [0.2, 0.25) is 0 Å². The molecule has 0 saturated heterocycles. The zero-order chi connectivity index (χ0) is 29.2. The molecule has 15 heteroatoms. The van der Waals surface area contributed by atoms with Crippen LogP contribution in [0.5, 0.6) is 11.5 Å². The summed E-state index contributed by atoms with van der Waals surface area (Å²) in [6, 6.07) is 12.3. The normalized spacial score (nSPS) is 12.1. The Labute approximate surface area is 220 Å². The van der Waals surface area contributed by atoms with Crippen LogP contribution in [0.15, 0.2) is 59.6 Å². The van der Waals surface area contributed by atoms with Gasteiger partial charge in [-0.2, -0.15) is 13.2 Å². The quantitative estimate of drug-likeness (QED) is 0.291. The van der Waals surface area contributed by atoms with Crippen molar-refractivity contribution >= 4 is 39.2 Å². The van der Waals surface area contributed by atoms with Crippen LogP contribution in [0, 0.1) is 0 Å². The van der Waals surface area contributed by atoms with Crippen molar-refractivity contribution in [1.29, 1.82) is 0 Å². The number of sulfonamides is 1. The number of nitrogens with one attached hydrogen (secondary N) is 1. The zero-order valence-electron chi connectivity index (χ0n) is 20.2. The van der Waals surface area contributed by atoms with E-state index in [0.717, 1.165) is 16.5 Å². The Morgan fingerprint density at radius 2 is 1.82 bits per heavy atom. The molecule has 0 amide bonds. The molecular weight excluding hydrogens is 549 g/mol. The number of hydrogen-bond acceptors (Lipinski definition) is 8. The zero-order valence-corrected chi connectivity index (χ0v) is 21.0. The smallest absolute Gasteiger partial charge is 0.490 e. The second-order valence-corrected chi connectivity index (χ2v) is 9.35. The minimum atomic E-state index is -5.08. The highest BCUT2D eigenvalue weighted by Crippen LogP contribution is 2.29. The number of halogens is 3. The summed E-state index contributed by atoms with van der Waals surface area (Å²) in [4.78, 5) is 35.0. The van der Waals surface area contributed by atoms with Crippen molar-refractivity contribution in [2.24, 2.45) is 0 Å². The van der Waals surface area contributed by atoms with Crippen LogP contribution in [0.4, 0.5) is 13.2 Å². The molecule has 0 bridgehead atoms. The van der Waals surface area contributed by atoms with Gasteiger partial charge in [0.05, 0.1) is 31.7 Å². The topological polar surface area (TPSA) is 169 Å². The predicted octanol–water partition coefficient (Wildman–Crippen LogP) is 2.82. The van der Waals surface area contributed by atoms with Gasteiger partial charge >= 0.3 is 18.1 Å². The molecule has 3 N–H and O–H groups in total. The Kier molecular flexibility index (Phi) is 10.7. The summed E-state index contributed by atoms with van der Waals surface area (Å²) in [5, 5.41) is 17.0. The maximum absolute atomic E-state index is 12.8. The molecule has 1 heterocycles. The lowest BCUT2D eigenvalue weighted by molar-refractivity contribution is -0.192. The number of carbonyl (C=O) groups excluding carboxylic acids is 1. The largest absolute Gasteiger partial charge is 0.497 e. The molecule has 0 aliphatic heterocycles. The number of aldehydes is 1. The molecule has 11 nitrogen and oxygen atoms in total. The van der Waals surface area contributed by atoms with Gasteiger partial charge in [0.2, 0.25) is 10.0 Å². The first-order valence-electron chi connectivity index (χ1n) is 10.9. The third kappa shape index (κ3) is 9.22. The van der Waals surface area contributed by atoms with Crippen LogP contribution in [0.1, 0.15) is 12.0 Å². The molecule has 2 aromatic carbocycles. The van der Waals surface area contributed by atoms with Gasteiger partial charge in [-0.15, -0.1) is 0 Å². The van der Waals surface area contributed by atoms with Crippen LogP contribution in [0.25, 0.3) is 10.9 Å². The molecule has 0 aliphatic carbocycles. The van der Waals surface area contributed by atoms with Crippen molar-refractivity contribution in [3.05, 3.63) is 60.3 Å². The molecule has 39 heavy (non-hydrogen) atoms. The van der Waals surface area contributed by atoms with Gasteiger partial charge in [-0.25, -0.2) is 17.9 Å². The minimum absolute atomic E-state index is 0.0233. The second-order valence-electron chi connectivity index (χ2n) is 7.66. The summed E-state index contributed by atoms with van der Waals surface area (Å²) in [6.45, 7) is 0.163. The van der Waals surface area contributed by atoms with Gasteiger partial charge in [-0.1, -0.05) is 18.2 Å². The number of benzene rings is 2. The number of nitrogens with zero attached hydrogens (tertiary/aromatic N) is 1. The average molecular weight is 573 g/mol. The Bertz CT molecular complexity index is 1420. The summed E-state index contributed by atoms with van der Waals surface area (Å²) < 4.78 is 70.4. The van der Waals surface area contributed by atoms with Gasteiger partial charge < -0.3 is 24.5 Å². The summed E-state index contributed by atoms with van der Waals surface area (Å²) in [5.74, 6) is -3.66. The van der Waals surface area contributed by atoms with Gasteiger partial charge in [0, 0.05) is 24.1 Å². The molecule has 1 aromatic heterocycles. The van der Waals surface area contributed by atoms with Gasteiger partial charge in [-0.05, 0) is 29.8 Å². The molecule has 3 aromatic rings. The average Bonchev–Trinajstić information content (AvgIpc) is 2.87. The number of methoxy groups -OCH3 is 1. The molecule has 1 unspecified atom stereocenters. The van der Waals surface area contributed by atoms with Crippen molar-refractivity contribution in [2.75, 3.05) is 13.7 Å². The SMILES string of the molecule is COc1ccc(S(=O)(=O)NC(C=O)CC(=O)O)c(OCCc2cccc3ncccc23)c1.O=C(O)C(F)(F)F. The van der Waals surface area contributed by atoms with E-state index in [4.69, 9.17) is 24.5 Å². The number of alkyl halides is 3. The fourth-order valence-electron chi connectivity index (χ4n) is 3.17. The number of aliphatic carboxylic acids is 2. The first-order chi connectivity index (χ1) is 18.3. The van der Waals surface area contributed by atoms with Gasteiger partial charge in [0.1, 0.15) is 22.7 Å². The van der Waals surface area contributed by atoms with E-state index in [1.165, 1.54) is 25.3 Å². The van der Waals surface area contributed by atoms with Crippen molar-refractivity contribution in [2.45, 2.75) is 30.0 Å². The Hall–Kier alpha value is -4.24. The minimum Gasteiger partial charge on any atom is -0.497 e. The van der Waals surface area contributed by atoms with E-state index in [1.54, 1.807) is 6.20 Å². The number of fused-ring (bicyclic) bond motifs is 1. The van der Waals surface area contributed by atoms with Crippen LogP contribution < -0.4 is 14.2 Å². The Morgan fingerprint density at radius 3 is 2.41 bits per heavy atom. The number of ether oxygens (including phenoxy) is 2. The van der Waals surface area contributed by atoms with E-state index in [2.05, 4.69) is 9.71 Å². The maximum atomic E-state index is 12.8. The number of rotatable bonds is 11.